The Balaban J connectivity index is 2.82. The van der Waals surface area contributed by atoms with E-state index in [1.807, 2.05) is 19.9 Å². The van der Waals surface area contributed by atoms with Crippen molar-refractivity contribution in [2.45, 2.75) is 24.7 Å². The topological polar surface area (TPSA) is 62.8 Å². The largest absolute Gasteiger partial charge is 0.281 e. The zero-order valence-electron chi connectivity index (χ0n) is 8.86. The summed E-state index contributed by atoms with van der Waals surface area (Å²) < 4.78 is 22.7. The lowest BCUT2D eigenvalue weighted by atomic mass is 10.1. The first-order valence-corrected chi connectivity index (χ1v) is 7.14. The molecule has 0 bridgehead atoms. The first kappa shape index (κ1) is 11.4. The second kappa shape index (κ2) is 3.75. The molecule has 0 fully saturated rings. The van der Waals surface area contributed by atoms with E-state index in [2.05, 4.69) is 10.2 Å². The fraction of sp³-hybridized carbons (Fsp3) is 0.300. The SMILES string of the molecule is CC(C)c1[nH]nc2c(S(=O)(=O)Cl)cccc12. The van der Waals surface area contributed by atoms with Crippen LogP contribution in [0, 0.1) is 0 Å². The Morgan fingerprint density at radius 1 is 1.38 bits per heavy atom. The molecule has 0 unspecified atom stereocenters. The van der Waals surface area contributed by atoms with Crippen molar-refractivity contribution < 1.29 is 8.42 Å². The lowest BCUT2D eigenvalue weighted by Gasteiger charge is -2.01. The van der Waals surface area contributed by atoms with Gasteiger partial charge in [0.15, 0.2) is 0 Å². The number of hydrogen-bond donors (Lipinski definition) is 1. The second-order valence-corrected chi connectivity index (χ2v) is 6.42. The molecule has 1 heterocycles. The van der Waals surface area contributed by atoms with Crippen molar-refractivity contribution in [1.82, 2.24) is 10.2 Å². The van der Waals surface area contributed by atoms with Gasteiger partial charge in [0.1, 0.15) is 10.4 Å². The van der Waals surface area contributed by atoms with Crippen molar-refractivity contribution in [2.75, 3.05) is 0 Å². The van der Waals surface area contributed by atoms with Crippen molar-refractivity contribution in [3.63, 3.8) is 0 Å². The minimum absolute atomic E-state index is 0.0508. The number of fused-ring (bicyclic) bond motifs is 1. The molecule has 1 aromatic carbocycles. The number of halogens is 1. The summed E-state index contributed by atoms with van der Waals surface area (Å²) in [7, 11) is 1.59. The summed E-state index contributed by atoms with van der Waals surface area (Å²) in [5, 5.41) is 7.67. The number of benzene rings is 1. The lowest BCUT2D eigenvalue weighted by molar-refractivity contribution is 0.610. The molecule has 0 saturated carbocycles. The first-order valence-electron chi connectivity index (χ1n) is 4.83. The smallest absolute Gasteiger partial charge is 0.263 e. The van der Waals surface area contributed by atoms with Crippen LogP contribution in [-0.4, -0.2) is 18.6 Å². The van der Waals surface area contributed by atoms with E-state index in [9.17, 15) is 8.42 Å². The normalized spacial score (nSPS) is 12.5. The fourth-order valence-corrected chi connectivity index (χ4v) is 2.67. The van der Waals surface area contributed by atoms with Gasteiger partial charge in [-0.05, 0) is 12.0 Å². The van der Waals surface area contributed by atoms with Crippen LogP contribution in [-0.2, 0) is 9.05 Å². The molecule has 0 radical (unpaired) electrons. The summed E-state index contributed by atoms with van der Waals surface area (Å²) in [6.45, 7) is 4.02. The van der Waals surface area contributed by atoms with Crippen LogP contribution in [0.3, 0.4) is 0 Å². The Morgan fingerprint density at radius 3 is 2.62 bits per heavy atom. The highest BCUT2D eigenvalue weighted by atomic mass is 35.7. The molecule has 6 heteroatoms. The van der Waals surface area contributed by atoms with E-state index in [4.69, 9.17) is 10.7 Å². The van der Waals surface area contributed by atoms with Gasteiger partial charge < -0.3 is 0 Å². The third-order valence-electron chi connectivity index (χ3n) is 2.42. The fourth-order valence-electron chi connectivity index (χ4n) is 1.67. The molecule has 4 nitrogen and oxygen atoms in total. The number of para-hydroxylation sites is 1. The first-order chi connectivity index (χ1) is 7.41. The van der Waals surface area contributed by atoms with Crippen LogP contribution in [0.25, 0.3) is 10.9 Å². The summed E-state index contributed by atoms with van der Waals surface area (Å²) in [5.41, 5.74) is 1.32. The molecular weight excluding hydrogens is 248 g/mol. The Hall–Kier alpha value is -1.07. The molecule has 0 atom stereocenters. The van der Waals surface area contributed by atoms with Gasteiger partial charge in [-0.15, -0.1) is 0 Å². The van der Waals surface area contributed by atoms with Gasteiger partial charge in [0.2, 0.25) is 0 Å². The van der Waals surface area contributed by atoms with Crippen molar-refractivity contribution in [1.29, 1.82) is 0 Å². The Bertz CT molecular complexity index is 631. The summed E-state index contributed by atoms with van der Waals surface area (Å²) >= 11 is 0. The van der Waals surface area contributed by atoms with Gasteiger partial charge >= 0.3 is 0 Å². The van der Waals surface area contributed by atoms with E-state index in [1.54, 1.807) is 6.07 Å². The van der Waals surface area contributed by atoms with Gasteiger partial charge in [-0.2, -0.15) is 5.10 Å². The molecule has 1 N–H and O–H groups in total. The Kier molecular flexibility index (Phi) is 2.67. The van der Waals surface area contributed by atoms with Crippen LogP contribution in [0.15, 0.2) is 23.1 Å². The van der Waals surface area contributed by atoms with E-state index < -0.39 is 9.05 Å². The number of hydrogen-bond acceptors (Lipinski definition) is 3. The van der Waals surface area contributed by atoms with Crippen LogP contribution in [0.2, 0.25) is 0 Å². The van der Waals surface area contributed by atoms with E-state index in [-0.39, 0.29) is 10.8 Å². The maximum Gasteiger partial charge on any atom is 0.263 e. The average Bonchev–Trinajstić information content (AvgIpc) is 2.58. The Morgan fingerprint density at radius 2 is 2.06 bits per heavy atom. The van der Waals surface area contributed by atoms with Gasteiger partial charge in [-0.3, -0.25) is 5.10 Å². The number of nitrogens with zero attached hydrogens (tertiary/aromatic N) is 1. The van der Waals surface area contributed by atoms with E-state index in [1.165, 1.54) is 6.07 Å². The number of H-pyrrole nitrogens is 1. The summed E-state index contributed by atoms with van der Waals surface area (Å²) in [4.78, 5) is 0.0508. The van der Waals surface area contributed by atoms with Crippen LogP contribution in [0.4, 0.5) is 0 Å². The zero-order chi connectivity index (χ0) is 11.9. The van der Waals surface area contributed by atoms with Gasteiger partial charge in [0.05, 0.1) is 0 Å². The maximum absolute atomic E-state index is 11.3. The number of aromatic nitrogens is 2. The zero-order valence-corrected chi connectivity index (χ0v) is 10.4. The highest BCUT2D eigenvalue weighted by molar-refractivity contribution is 8.14. The molecule has 16 heavy (non-hydrogen) atoms. The van der Waals surface area contributed by atoms with Crippen LogP contribution in [0.1, 0.15) is 25.5 Å². The molecule has 0 amide bonds. The van der Waals surface area contributed by atoms with Gasteiger partial charge in [-0.1, -0.05) is 26.0 Å². The third-order valence-corrected chi connectivity index (χ3v) is 3.77. The number of rotatable bonds is 2. The monoisotopic (exact) mass is 258 g/mol. The molecular formula is C10H11ClN2O2S. The summed E-state index contributed by atoms with van der Waals surface area (Å²) in [6.07, 6.45) is 0. The van der Waals surface area contributed by atoms with Gasteiger partial charge in [0.25, 0.3) is 9.05 Å². The number of aromatic amines is 1. The van der Waals surface area contributed by atoms with Crippen LogP contribution < -0.4 is 0 Å². The van der Waals surface area contributed by atoms with Crippen molar-refractivity contribution in [3.8, 4) is 0 Å². The maximum atomic E-state index is 11.3. The van der Waals surface area contributed by atoms with Crippen molar-refractivity contribution in [3.05, 3.63) is 23.9 Å². The predicted octanol–water partition coefficient (Wildman–Crippen LogP) is 2.61. The lowest BCUT2D eigenvalue weighted by Crippen LogP contribution is -1.92. The molecule has 2 aromatic rings. The predicted molar refractivity (Wildman–Crippen MR) is 63.2 cm³/mol. The molecule has 86 valence electrons. The van der Waals surface area contributed by atoms with Crippen LogP contribution >= 0.6 is 10.7 Å². The molecule has 0 aliphatic carbocycles. The van der Waals surface area contributed by atoms with Gasteiger partial charge in [-0.25, -0.2) is 8.42 Å². The van der Waals surface area contributed by atoms with Crippen LogP contribution in [0.5, 0.6) is 0 Å². The van der Waals surface area contributed by atoms with E-state index in [0.29, 0.717) is 5.52 Å². The molecule has 0 spiro atoms. The third kappa shape index (κ3) is 1.81. The van der Waals surface area contributed by atoms with E-state index >= 15 is 0 Å². The number of nitrogens with one attached hydrogen (secondary N) is 1. The highest BCUT2D eigenvalue weighted by Gasteiger charge is 2.18. The van der Waals surface area contributed by atoms with Gasteiger partial charge in [0, 0.05) is 21.8 Å². The molecule has 1 aromatic heterocycles. The minimum atomic E-state index is -3.75. The highest BCUT2D eigenvalue weighted by Crippen LogP contribution is 2.28. The average molecular weight is 259 g/mol. The van der Waals surface area contributed by atoms with E-state index in [0.717, 1.165) is 11.1 Å². The molecule has 2 rings (SSSR count). The Labute approximate surface area is 98.0 Å². The molecule has 0 aliphatic heterocycles. The molecule has 0 aliphatic rings. The molecule has 0 saturated heterocycles. The van der Waals surface area contributed by atoms with Crippen molar-refractivity contribution in [2.24, 2.45) is 0 Å². The standard InChI is InChI=1S/C10H11ClN2O2S/c1-6(2)9-7-4-3-5-8(16(11,14)15)10(7)13-12-9/h3-6H,1-2H3,(H,12,13). The second-order valence-electron chi connectivity index (χ2n) is 3.88. The summed E-state index contributed by atoms with van der Waals surface area (Å²) in [5.74, 6) is 0.248. The minimum Gasteiger partial charge on any atom is -0.281 e. The summed E-state index contributed by atoms with van der Waals surface area (Å²) in [6, 6.07) is 4.95. The van der Waals surface area contributed by atoms with Crippen molar-refractivity contribution >= 4 is 30.6 Å². The quantitative estimate of drug-likeness (QED) is 0.843.